The van der Waals surface area contributed by atoms with Crippen molar-refractivity contribution < 1.29 is 13.8 Å². The van der Waals surface area contributed by atoms with E-state index in [4.69, 9.17) is 9.26 Å². The molecule has 13 heavy (non-hydrogen) atoms. The Morgan fingerprint density at radius 1 is 1.38 bits per heavy atom. The fourth-order valence-electron chi connectivity index (χ4n) is 0.984. The van der Waals surface area contributed by atoms with Crippen LogP contribution in [-0.4, -0.2) is 13.7 Å². The Morgan fingerprint density at radius 2 is 2.08 bits per heavy atom. The van der Waals surface area contributed by atoms with Gasteiger partial charge in [0.2, 0.25) is 0 Å². The third-order valence-electron chi connectivity index (χ3n) is 1.53. The van der Waals surface area contributed by atoms with E-state index in [2.05, 4.69) is 0 Å². The molecule has 4 heteroatoms. The van der Waals surface area contributed by atoms with Gasteiger partial charge in [0.05, 0.1) is 13.7 Å². The third-order valence-corrected chi connectivity index (χ3v) is 2.62. The first-order valence-electron chi connectivity index (χ1n) is 4.02. The Morgan fingerprint density at radius 3 is 2.69 bits per heavy atom. The van der Waals surface area contributed by atoms with Gasteiger partial charge in [-0.15, -0.1) is 4.52 Å². The second kappa shape index (κ2) is 4.95. The van der Waals surface area contributed by atoms with E-state index in [0.29, 0.717) is 17.7 Å². The normalized spacial score (nSPS) is 11.1. The highest BCUT2D eigenvalue weighted by molar-refractivity contribution is 7.48. The average molecular weight is 199 g/mol. The van der Waals surface area contributed by atoms with Gasteiger partial charge in [-0.1, -0.05) is 12.1 Å². The third kappa shape index (κ3) is 2.51. The minimum absolute atomic E-state index is 0.559. The van der Waals surface area contributed by atoms with Crippen molar-refractivity contribution in [2.75, 3.05) is 13.7 Å². The van der Waals surface area contributed by atoms with Crippen molar-refractivity contribution in [3.8, 4) is 5.75 Å². The summed E-state index contributed by atoms with van der Waals surface area (Å²) in [5.74, 6) is 0.632. The van der Waals surface area contributed by atoms with Crippen molar-refractivity contribution in [3.63, 3.8) is 0 Å². The highest BCUT2D eigenvalue weighted by Gasteiger charge is 2.24. The average Bonchev–Trinajstić information content (AvgIpc) is 2.18. The fourth-order valence-corrected chi connectivity index (χ4v) is 1.71. The molecule has 1 atom stereocenters. The Labute approximate surface area is 78.5 Å². The smallest absolute Gasteiger partial charge is 0.489 e. The van der Waals surface area contributed by atoms with E-state index in [1.165, 1.54) is 7.11 Å². The van der Waals surface area contributed by atoms with Gasteiger partial charge in [-0.3, -0.25) is 0 Å². The summed E-state index contributed by atoms with van der Waals surface area (Å²) < 4.78 is 21.4. The lowest BCUT2D eigenvalue weighted by Gasteiger charge is -2.00. The topological polar surface area (TPSA) is 35.5 Å². The number of para-hydroxylation sites is 1. The zero-order valence-corrected chi connectivity index (χ0v) is 8.58. The van der Waals surface area contributed by atoms with Gasteiger partial charge in [0.25, 0.3) is 5.30 Å². The van der Waals surface area contributed by atoms with E-state index in [1.807, 2.05) is 19.1 Å². The molecule has 0 aliphatic rings. The molecule has 0 aromatic heterocycles. The predicted octanol–water partition coefficient (Wildman–Crippen LogP) is 2.10. The molecule has 3 nitrogen and oxygen atoms in total. The van der Waals surface area contributed by atoms with Gasteiger partial charge in [-0.25, -0.2) is 0 Å². The summed E-state index contributed by atoms with van der Waals surface area (Å²) in [5, 5.41) is 0.613. The summed E-state index contributed by atoms with van der Waals surface area (Å²) in [6.45, 7) is 2.44. The molecule has 0 bridgehead atoms. The summed E-state index contributed by atoms with van der Waals surface area (Å²) in [5.41, 5.74) is 0. The van der Waals surface area contributed by atoms with Gasteiger partial charge in [0.1, 0.15) is 0 Å². The highest BCUT2D eigenvalue weighted by atomic mass is 31.1. The molecule has 0 aliphatic heterocycles. The van der Waals surface area contributed by atoms with Crippen LogP contribution in [0, 0.1) is 0 Å². The molecule has 0 fully saturated rings. The first-order chi connectivity index (χ1) is 6.29. The molecule has 0 heterocycles. The minimum Gasteiger partial charge on any atom is -0.489 e. The lowest BCUT2D eigenvalue weighted by Crippen LogP contribution is -2.05. The van der Waals surface area contributed by atoms with Crippen molar-refractivity contribution in [1.82, 2.24) is 0 Å². The van der Waals surface area contributed by atoms with Gasteiger partial charge >= 0.3 is 8.03 Å². The monoisotopic (exact) mass is 199 g/mol. The van der Waals surface area contributed by atoms with E-state index in [9.17, 15) is 4.57 Å². The van der Waals surface area contributed by atoms with Crippen LogP contribution < -0.4 is 10.0 Å². The van der Waals surface area contributed by atoms with Crippen molar-refractivity contribution >= 4 is 13.3 Å². The van der Waals surface area contributed by atoms with Gasteiger partial charge in [-0.05, 0) is 23.6 Å². The summed E-state index contributed by atoms with van der Waals surface area (Å²) in [6, 6.07) is 7.18. The van der Waals surface area contributed by atoms with Crippen molar-refractivity contribution in [2.24, 2.45) is 0 Å². The molecular formula is C9H12O3P+. The molecule has 1 aromatic rings. The number of hydrogen-bond acceptors (Lipinski definition) is 3. The lowest BCUT2D eigenvalue weighted by molar-refractivity contribution is 0.341. The standard InChI is InChI=1S/C9H12O3P/c1-3-12-8-6-4-5-7-9(8)13(10)11-2/h4-7H,3H2,1-2H3/q+1. The van der Waals surface area contributed by atoms with Crippen molar-refractivity contribution in [3.05, 3.63) is 24.3 Å². The van der Waals surface area contributed by atoms with Crippen LogP contribution in [0.3, 0.4) is 0 Å². The summed E-state index contributed by atoms with van der Waals surface area (Å²) >= 11 is 0. The zero-order chi connectivity index (χ0) is 9.68. The zero-order valence-electron chi connectivity index (χ0n) is 7.69. The predicted molar refractivity (Wildman–Crippen MR) is 51.9 cm³/mol. The number of hydrogen-bond donors (Lipinski definition) is 0. The lowest BCUT2D eigenvalue weighted by atomic mass is 10.3. The number of benzene rings is 1. The van der Waals surface area contributed by atoms with Crippen LogP contribution in [-0.2, 0) is 9.09 Å². The van der Waals surface area contributed by atoms with Crippen LogP contribution in [0.2, 0.25) is 0 Å². The molecule has 1 aromatic carbocycles. The molecule has 0 aliphatic carbocycles. The van der Waals surface area contributed by atoms with Crippen molar-refractivity contribution in [1.29, 1.82) is 0 Å². The molecule has 0 amide bonds. The molecular weight excluding hydrogens is 187 g/mol. The first-order valence-corrected chi connectivity index (χ1v) is 5.20. The number of ether oxygens (including phenoxy) is 1. The quantitative estimate of drug-likeness (QED) is 0.696. The maximum Gasteiger partial charge on any atom is 0.552 e. The summed E-state index contributed by atoms with van der Waals surface area (Å²) in [7, 11) is -0.363. The van der Waals surface area contributed by atoms with Crippen LogP contribution in [0.1, 0.15) is 6.92 Å². The molecule has 0 spiro atoms. The van der Waals surface area contributed by atoms with E-state index in [-0.39, 0.29) is 0 Å². The second-order valence-electron chi connectivity index (χ2n) is 2.34. The number of rotatable bonds is 4. The van der Waals surface area contributed by atoms with Gasteiger partial charge in [0, 0.05) is 0 Å². The van der Waals surface area contributed by atoms with Crippen LogP contribution in [0.5, 0.6) is 5.75 Å². The molecule has 70 valence electrons. The molecule has 0 N–H and O–H groups in total. The first kappa shape index (κ1) is 10.2. The maximum atomic E-state index is 11.4. The van der Waals surface area contributed by atoms with E-state index in [0.717, 1.165) is 0 Å². The molecule has 0 saturated carbocycles. The van der Waals surface area contributed by atoms with Crippen LogP contribution >= 0.6 is 8.03 Å². The largest absolute Gasteiger partial charge is 0.552 e. The Kier molecular flexibility index (Phi) is 3.87. The molecule has 0 radical (unpaired) electrons. The van der Waals surface area contributed by atoms with Gasteiger partial charge in [0.15, 0.2) is 5.75 Å². The van der Waals surface area contributed by atoms with Crippen LogP contribution in [0.15, 0.2) is 24.3 Å². The Hall–Kier alpha value is -0.920. The molecule has 1 rings (SSSR count). The van der Waals surface area contributed by atoms with Crippen LogP contribution in [0.4, 0.5) is 0 Å². The van der Waals surface area contributed by atoms with E-state index >= 15 is 0 Å². The van der Waals surface area contributed by atoms with Crippen LogP contribution in [0.25, 0.3) is 0 Å². The Bertz CT molecular complexity index is 299. The fraction of sp³-hybridized carbons (Fsp3) is 0.333. The second-order valence-corrected chi connectivity index (χ2v) is 3.70. The van der Waals surface area contributed by atoms with Gasteiger partial charge < -0.3 is 4.74 Å². The van der Waals surface area contributed by atoms with E-state index in [1.54, 1.807) is 12.1 Å². The maximum absolute atomic E-state index is 11.4. The molecule has 1 unspecified atom stereocenters. The SMILES string of the molecule is CCOc1ccccc1[P+](=O)OC. The van der Waals surface area contributed by atoms with E-state index < -0.39 is 8.03 Å². The highest BCUT2D eigenvalue weighted by Crippen LogP contribution is 2.25. The van der Waals surface area contributed by atoms with Gasteiger partial charge in [-0.2, -0.15) is 0 Å². The molecule has 0 saturated heterocycles. The summed E-state index contributed by atoms with van der Waals surface area (Å²) in [4.78, 5) is 0. The Balaban J connectivity index is 2.97. The summed E-state index contributed by atoms with van der Waals surface area (Å²) in [6.07, 6.45) is 0. The minimum atomic E-state index is -1.78. The van der Waals surface area contributed by atoms with Crippen molar-refractivity contribution in [2.45, 2.75) is 6.92 Å².